The van der Waals surface area contributed by atoms with Crippen molar-refractivity contribution in [3.05, 3.63) is 71.8 Å². The minimum absolute atomic E-state index is 0.00749. The van der Waals surface area contributed by atoms with Crippen LogP contribution in [0, 0.1) is 40.9 Å². The Morgan fingerprint density at radius 1 is 0.735 bits per heavy atom. The number of ether oxygens (including phenoxy) is 1. The van der Waals surface area contributed by atoms with Crippen molar-refractivity contribution >= 4 is 59.0 Å². The average molecular weight is 1360 g/mol. The molecule has 5 fully saturated rings. The standard InChI is InChI=1S/C76H117N11O11/c1-19-21-22-27-48(7)41-56-69(91)82(15)59(45-52-28-23-29-53(44-52)55-30-24-32-61(77-55)86-38-36-81(14)37-39-86)71(93)87-35-25-31-58(87)66(88)80-62-50(9)42-54-40-49(8)33-34-76(54,13)51(10)43-57(79-68(90)64(47(5)6)84(17)73(62)95)70(92)85(18)65(75(11,12)97)74(96)98-60(26-20-2)72(94)83(16)63(46(3)4)67(89)78-56/h21-24,27-30,32,44,46-47,49-51,54,56-60,62-65,97H,19-20,25-26,31,33-43,45H2,1-18H3,(H,78,89)(H,79,90)(H,80,88)/b22-21-,48-27+/t49?,50-,51?,54?,56-,57-,58-,59-,60+,62-,63-,64-,65+,76?/m0/s1. The van der Waals surface area contributed by atoms with Crippen LogP contribution in [0.3, 0.4) is 0 Å². The number of hydrogen-bond acceptors (Lipinski definition) is 14. The molecule has 4 N–H and O–H groups in total. The molecule has 1 aromatic heterocycles. The molecule has 542 valence electrons. The highest BCUT2D eigenvalue weighted by Crippen LogP contribution is 2.52. The van der Waals surface area contributed by atoms with E-state index in [-0.39, 0.29) is 50.5 Å². The van der Waals surface area contributed by atoms with E-state index in [0.29, 0.717) is 30.7 Å². The summed E-state index contributed by atoms with van der Waals surface area (Å²) in [4.78, 5) is 156. The Morgan fingerprint density at radius 3 is 2.01 bits per heavy atom. The number of cyclic esters (lactones) is 1. The number of aromatic nitrogens is 1. The molecule has 22 heteroatoms. The molecule has 0 radical (unpaired) electrons. The van der Waals surface area contributed by atoms with Crippen LogP contribution in [0.4, 0.5) is 5.82 Å². The molecule has 7 rings (SSSR count). The molecule has 1 aliphatic carbocycles. The summed E-state index contributed by atoms with van der Waals surface area (Å²) in [7, 11) is 7.95. The van der Waals surface area contributed by atoms with Crippen molar-refractivity contribution in [2.45, 2.75) is 227 Å². The summed E-state index contributed by atoms with van der Waals surface area (Å²) >= 11 is 0. The Hall–Kier alpha value is -7.20. The number of carbonyl (C=O) groups excluding carboxylic acids is 9. The number of carbonyl (C=O) groups is 9. The molecule has 4 saturated heterocycles. The number of nitrogens with zero attached hydrogens (tertiary/aromatic N) is 8. The fraction of sp³-hybridized carbons (Fsp3) is 0.684. The number of esters is 1. The number of anilines is 1. The van der Waals surface area contributed by atoms with Crippen molar-refractivity contribution in [3.8, 4) is 11.3 Å². The van der Waals surface area contributed by atoms with Gasteiger partial charge in [-0.2, -0.15) is 0 Å². The molecule has 4 unspecified atom stereocenters. The molecule has 22 nitrogen and oxygen atoms in total. The summed E-state index contributed by atoms with van der Waals surface area (Å²) < 4.78 is 6.17. The average Bonchev–Trinajstić information content (AvgIpc) is 1.19. The molecular formula is C76H117N11O11. The van der Waals surface area contributed by atoms with Crippen molar-refractivity contribution in [2.75, 3.05) is 72.9 Å². The minimum Gasteiger partial charge on any atom is -0.451 e. The first kappa shape index (κ1) is 78.1. The maximum atomic E-state index is 16.1. The molecule has 4 aliphatic heterocycles. The van der Waals surface area contributed by atoms with Gasteiger partial charge in [0.15, 0.2) is 12.1 Å². The summed E-state index contributed by atoms with van der Waals surface area (Å²) in [5, 5.41) is 21.3. The topological polar surface area (TPSA) is 255 Å². The van der Waals surface area contributed by atoms with E-state index in [2.05, 4.69) is 53.6 Å². The van der Waals surface area contributed by atoms with E-state index in [1.54, 1.807) is 34.6 Å². The first-order valence-corrected chi connectivity index (χ1v) is 36.2. The number of nitrogens with one attached hydrogen (secondary N) is 3. The number of allylic oxidation sites excluding steroid dienone is 3. The molecule has 5 aliphatic rings. The second-order valence-corrected chi connectivity index (χ2v) is 30.8. The van der Waals surface area contributed by atoms with Gasteiger partial charge in [-0.05, 0) is 150 Å². The first-order valence-electron chi connectivity index (χ1n) is 36.2. The molecule has 2 aromatic rings. The molecular weight excluding hydrogens is 1240 g/mol. The highest BCUT2D eigenvalue weighted by Gasteiger charge is 2.51. The van der Waals surface area contributed by atoms with E-state index < -0.39 is 136 Å². The maximum Gasteiger partial charge on any atom is 0.332 e. The van der Waals surface area contributed by atoms with Crippen molar-refractivity contribution in [3.63, 3.8) is 0 Å². The molecule has 1 saturated carbocycles. The Kier molecular flexibility index (Phi) is 26.9. The predicted octanol–water partition coefficient (Wildman–Crippen LogP) is 7.42. The third-order valence-electron chi connectivity index (χ3n) is 22.0. The second kappa shape index (κ2) is 33.8. The van der Waals surface area contributed by atoms with Crippen LogP contribution in [-0.4, -0.2) is 221 Å². The number of hydrogen-bond donors (Lipinski definition) is 4. The molecule has 0 spiro atoms. The molecule has 8 amide bonds. The maximum absolute atomic E-state index is 16.1. The van der Waals surface area contributed by atoms with Gasteiger partial charge in [-0.25, -0.2) is 9.78 Å². The van der Waals surface area contributed by atoms with Gasteiger partial charge in [0.1, 0.15) is 48.1 Å². The monoisotopic (exact) mass is 1360 g/mol. The number of fused-ring (bicyclic) bond motifs is 8. The predicted molar refractivity (Wildman–Crippen MR) is 381 cm³/mol. The van der Waals surface area contributed by atoms with Crippen LogP contribution in [-0.2, 0) is 54.3 Å². The zero-order chi connectivity index (χ0) is 72.4. The number of rotatable bonds is 13. The summed E-state index contributed by atoms with van der Waals surface area (Å²) in [5.74, 6) is -6.91. The van der Waals surface area contributed by atoms with Crippen molar-refractivity contribution in [1.29, 1.82) is 0 Å². The lowest BCUT2D eigenvalue weighted by Crippen LogP contribution is -2.63. The quantitative estimate of drug-likeness (QED) is 0.113. The fourth-order valence-electron chi connectivity index (χ4n) is 16.0. The van der Waals surface area contributed by atoms with Crippen LogP contribution in [0.25, 0.3) is 11.3 Å². The third kappa shape index (κ3) is 18.4. The second-order valence-electron chi connectivity index (χ2n) is 30.8. The summed E-state index contributed by atoms with van der Waals surface area (Å²) in [5.41, 5.74) is 0.453. The summed E-state index contributed by atoms with van der Waals surface area (Å²) in [6, 6.07) is 3.31. The lowest BCUT2D eigenvalue weighted by Gasteiger charge is -2.50. The van der Waals surface area contributed by atoms with Crippen LogP contribution < -0.4 is 20.9 Å². The van der Waals surface area contributed by atoms with E-state index in [1.165, 1.54) is 61.6 Å². The largest absolute Gasteiger partial charge is 0.451 e. The zero-order valence-corrected chi connectivity index (χ0v) is 62.1. The van der Waals surface area contributed by atoms with E-state index in [0.717, 1.165) is 79.4 Å². The lowest BCUT2D eigenvalue weighted by molar-refractivity contribution is -0.175. The van der Waals surface area contributed by atoms with Gasteiger partial charge in [-0.3, -0.25) is 38.4 Å². The Labute approximate surface area is 583 Å². The zero-order valence-electron chi connectivity index (χ0n) is 62.1. The number of piperazine rings is 1. The smallest absolute Gasteiger partial charge is 0.332 e. The van der Waals surface area contributed by atoms with Crippen LogP contribution in [0.5, 0.6) is 0 Å². The summed E-state index contributed by atoms with van der Waals surface area (Å²) in [6.07, 6.45) is 8.91. The summed E-state index contributed by atoms with van der Waals surface area (Å²) in [6.45, 7) is 27.4. The highest BCUT2D eigenvalue weighted by molar-refractivity contribution is 5.99. The van der Waals surface area contributed by atoms with Gasteiger partial charge in [0, 0.05) is 72.9 Å². The number of benzene rings is 1. The highest BCUT2D eigenvalue weighted by atomic mass is 16.6. The molecule has 2 bridgehead atoms. The Balaban J connectivity index is 1.42. The van der Waals surface area contributed by atoms with Crippen LogP contribution in [0.1, 0.15) is 166 Å². The molecule has 5 heterocycles. The SMILES string of the molecule is CC/C=C\C=C(/C)C[C@@H]1NC(=O)[C@H](C(C)C)N(C)C(=O)[C@@H](CCC)OC(=O)[C@H](C(C)(C)O)N(C)C(=O)[C@@H]2CC(C)C3(C)CCC(C)CC3C[C@H](C)[C@H](NC(=O)[C@@H]3CCCN3C(=O)[C@H](Cc3cccc(-c4cccc(N5CCN(C)CC5)n4)c3)N(C)C1=O)C(=O)N(C)[C@@H](C(C)C)C(=O)N2. The van der Waals surface area contributed by atoms with Crippen LogP contribution in [0.15, 0.2) is 66.3 Å². The molecule has 14 atom stereocenters. The number of aliphatic hydroxyl groups is 1. The van der Waals surface area contributed by atoms with Gasteiger partial charge < -0.3 is 60.1 Å². The number of amides is 8. The van der Waals surface area contributed by atoms with Crippen molar-refractivity contribution in [1.82, 2.24) is 50.3 Å². The van der Waals surface area contributed by atoms with Crippen LogP contribution in [0.2, 0.25) is 0 Å². The fourth-order valence-corrected chi connectivity index (χ4v) is 16.0. The van der Waals surface area contributed by atoms with Gasteiger partial charge in [0.05, 0.1) is 11.3 Å². The third-order valence-corrected chi connectivity index (χ3v) is 22.0. The van der Waals surface area contributed by atoms with E-state index in [4.69, 9.17) is 9.72 Å². The van der Waals surface area contributed by atoms with E-state index >= 15 is 43.2 Å². The molecule has 98 heavy (non-hydrogen) atoms. The van der Waals surface area contributed by atoms with Crippen LogP contribution >= 0.6 is 0 Å². The van der Waals surface area contributed by atoms with Gasteiger partial charge in [0.25, 0.3) is 5.91 Å². The van der Waals surface area contributed by atoms with E-state index in [9.17, 15) is 5.11 Å². The Bertz CT molecular complexity index is 3230. The normalized spacial score (nSPS) is 30.6. The first-order chi connectivity index (χ1) is 46.1. The number of likely N-dealkylation sites (N-methyl/N-ethyl adjacent to an activating group) is 5. The lowest BCUT2D eigenvalue weighted by atomic mass is 9.56. The van der Waals surface area contributed by atoms with E-state index in [1.807, 2.05) is 81.5 Å². The Morgan fingerprint density at radius 2 is 1.38 bits per heavy atom. The van der Waals surface area contributed by atoms with Gasteiger partial charge in [0.2, 0.25) is 41.4 Å². The minimum atomic E-state index is -1.99. The molecule has 1 aromatic carbocycles. The number of pyridine rings is 1. The van der Waals surface area contributed by atoms with Gasteiger partial charge >= 0.3 is 5.97 Å². The van der Waals surface area contributed by atoms with Crippen molar-refractivity contribution < 1.29 is 53.0 Å². The van der Waals surface area contributed by atoms with Crippen molar-refractivity contribution in [2.24, 2.45) is 40.9 Å². The van der Waals surface area contributed by atoms with Gasteiger partial charge in [-0.15, -0.1) is 0 Å². The van der Waals surface area contributed by atoms with Gasteiger partial charge in [-0.1, -0.05) is 130 Å².